The lowest BCUT2D eigenvalue weighted by atomic mass is 10.1. The zero-order chi connectivity index (χ0) is 20.2. The first-order valence-electron chi connectivity index (χ1n) is 10.1. The quantitative estimate of drug-likeness (QED) is 0.285. The molecule has 0 heterocycles. The van der Waals surface area contributed by atoms with E-state index in [1.807, 2.05) is 0 Å². The second kappa shape index (κ2) is 8.14. The summed E-state index contributed by atoms with van der Waals surface area (Å²) in [5, 5.41) is 6.99. The molecule has 2 heteroatoms. The maximum Gasteiger partial charge on any atom is 0.0643 e. The Balaban J connectivity index is 1.75. The predicted octanol–water partition coefficient (Wildman–Crippen LogP) is 7.73. The maximum absolute atomic E-state index is 2.27. The van der Waals surface area contributed by atoms with E-state index < -0.39 is 0 Å². The first-order chi connectivity index (χ1) is 14.9. The van der Waals surface area contributed by atoms with E-state index in [4.69, 9.17) is 0 Å². The fourth-order valence-electron chi connectivity index (χ4n) is 3.78. The molecule has 0 aromatic heterocycles. The summed E-state index contributed by atoms with van der Waals surface area (Å²) < 4.78 is 0. The normalized spacial score (nSPS) is 10.7. The molecule has 0 atom stereocenters. The van der Waals surface area contributed by atoms with Crippen molar-refractivity contribution in [2.45, 2.75) is 0 Å². The molecule has 0 aliphatic carbocycles. The zero-order valence-corrected chi connectivity index (χ0v) is 16.6. The van der Waals surface area contributed by atoms with Gasteiger partial charge in [0, 0.05) is 0 Å². The average Bonchev–Trinajstić information content (AvgIpc) is 2.84. The summed E-state index contributed by atoms with van der Waals surface area (Å²) in [7, 11) is 0. The Bertz CT molecular complexity index is 1200. The highest BCUT2D eigenvalue weighted by Crippen LogP contribution is 2.37. The molecule has 5 aromatic rings. The van der Waals surface area contributed by atoms with Crippen LogP contribution in [-0.2, 0) is 0 Å². The van der Waals surface area contributed by atoms with E-state index in [1.165, 1.54) is 10.8 Å². The highest BCUT2D eigenvalue weighted by atomic mass is 15.6. The van der Waals surface area contributed by atoms with Crippen LogP contribution >= 0.6 is 0 Å². The van der Waals surface area contributed by atoms with Crippen molar-refractivity contribution >= 4 is 33.5 Å². The summed E-state index contributed by atoms with van der Waals surface area (Å²) in [6.45, 7) is 0. The van der Waals surface area contributed by atoms with Crippen LogP contribution in [0.15, 0.2) is 133 Å². The van der Waals surface area contributed by atoms with E-state index >= 15 is 0 Å². The molecule has 144 valence electrons. The number of hydrazine groups is 1. The molecule has 0 radical (unpaired) electrons. The first kappa shape index (κ1) is 18.0. The number of hydrogen-bond acceptors (Lipinski definition) is 2. The number of hydrogen-bond donors (Lipinski definition) is 0. The Morgan fingerprint density at radius 1 is 0.300 bits per heavy atom. The van der Waals surface area contributed by atoms with Gasteiger partial charge < -0.3 is 0 Å². The lowest BCUT2D eigenvalue weighted by molar-refractivity contribution is 0.991. The SMILES string of the molecule is c1ccc(N(c2ccccc2)N(c2ccccc2)c2ccc3ccccc3c2)cc1. The number of para-hydroxylation sites is 3. The first-order valence-corrected chi connectivity index (χ1v) is 10.1. The number of nitrogens with zero attached hydrogens (tertiary/aromatic N) is 2. The van der Waals surface area contributed by atoms with Gasteiger partial charge in [-0.25, -0.2) is 10.0 Å². The van der Waals surface area contributed by atoms with Crippen LogP contribution in [0.2, 0.25) is 0 Å². The van der Waals surface area contributed by atoms with Gasteiger partial charge in [-0.05, 0) is 59.3 Å². The largest absolute Gasteiger partial charge is 0.249 e. The van der Waals surface area contributed by atoms with Crippen LogP contribution in [0.5, 0.6) is 0 Å². The highest BCUT2D eigenvalue weighted by molar-refractivity contribution is 5.88. The third-order valence-electron chi connectivity index (χ3n) is 5.18. The third kappa shape index (κ3) is 3.51. The van der Waals surface area contributed by atoms with E-state index in [9.17, 15) is 0 Å². The van der Waals surface area contributed by atoms with Gasteiger partial charge in [0.25, 0.3) is 0 Å². The summed E-state index contributed by atoms with van der Waals surface area (Å²) in [6.07, 6.45) is 0. The van der Waals surface area contributed by atoms with Gasteiger partial charge in [0.2, 0.25) is 0 Å². The third-order valence-corrected chi connectivity index (χ3v) is 5.18. The lowest BCUT2D eigenvalue weighted by Crippen LogP contribution is -2.35. The van der Waals surface area contributed by atoms with Gasteiger partial charge in [0.1, 0.15) is 0 Å². The predicted molar refractivity (Wildman–Crippen MR) is 128 cm³/mol. The number of rotatable bonds is 5. The molecule has 5 aromatic carbocycles. The van der Waals surface area contributed by atoms with Crippen molar-refractivity contribution < 1.29 is 0 Å². The second-order valence-corrected chi connectivity index (χ2v) is 7.16. The highest BCUT2D eigenvalue weighted by Gasteiger charge is 2.21. The van der Waals surface area contributed by atoms with Gasteiger partial charge in [-0.3, -0.25) is 0 Å². The molecule has 5 rings (SSSR count). The Hall–Kier alpha value is -4.04. The van der Waals surface area contributed by atoms with Crippen molar-refractivity contribution in [1.29, 1.82) is 0 Å². The summed E-state index contributed by atoms with van der Waals surface area (Å²) >= 11 is 0. The molecule has 30 heavy (non-hydrogen) atoms. The number of benzene rings is 5. The Kier molecular flexibility index (Phi) is 4.89. The minimum absolute atomic E-state index is 1.10. The fraction of sp³-hybridized carbons (Fsp3) is 0. The van der Waals surface area contributed by atoms with Gasteiger partial charge in [-0.2, -0.15) is 0 Å². The molecule has 2 nitrogen and oxygen atoms in total. The maximum atomic E-state index is 2.27. The van der Waals surface area contributed by atoms with Gasteiger partial charge in [-0.1, -0.05) is 84.9 Å². The Labute approximate surface area is 177 Å². The summed E-state index contributed by atoms with van der Waals surface area (Å²) in [6, 6.07) is 46.6. The van der Waals surface area contributed by atoms with Crippen LogP contribution in [0.4, 0.5) is 22.7 Å². The van der Waals surface area contributed by atoms with Crippen molar-refractivity contribution in [2.24, 2.45) is 0 Å². The monoisotopic (exact) mass is 386 g/mol. The molecule has 0 saturated carbocycles. The van der Waals surface area contributed by atoms with Crippen LogP contribution in [0.3, 0.4) is 0 Å². The molecule has 0 aliphatic rings. The summed E-state index contributed by atoms with van der Waals surface area (Å²) in [4.78, 5) is 0. The van der Waals surface area contributed by atoms with E-state index in [2.05, 4.69) is 143 Å². The van der Waals surface area contributed by atoms with Gasteiger partial charge in [-0.15, -0.1) is 0 Å². The summed E-state index contributed by atoms with van der Waals surface area (Å²) in [5.74, 6) is 0. The average molecular weight is 386 g/mol. The molecule has 0 bridgehead atoms. The van der Waals surface area contributed by atoms with Gasteiger partial charge in [0.05, 0.1) is 22.7 Å². The lowest BCUT2D eigenvalue weighted by Gasteiger charge is -2.38. The number of fused-ring (bicyclic) bond motifs is 1. The zero-order valence-electron chi connectivity index (χ0n) is 16.6. The van der Waals surface area contributed by atoms with E-state index in [-0.39, 0.29) is 0 Å². The van der Waals surface area contributed by atoms with Crippen molar-refractivity contribution in [1.82, 2.24) is 0 Å². The minimum Gasteiger partial charge on any atom is -0.249 e. The van der Waals surface area contributed by atoms with Gasteiger partial charge in [0.15, 0.2) is 0 Å². The number of anilines is 4. The van der Waals surface area contributed by atoms with Crippen LogP contribution in [-0.4, -0.2) is 0 Å². The van der Waals surface area contributed by atoms with Crippen LogP contribution < -0.4 is 10.0 Å². The second-order valence-electron chi connectivity index (χ2n) is 7.16. The topological polar surface area (TPSA) is 6.48 Å². The van der Waals surface area contributed by atoms with Crippen molar-refractivity contribution in [3.8, 4) is 0 Å². The van der Waals surface area contributed by atoms with E-state index in [0.29, 0.717) is 0 Å². The van der Waals surface area contributed by atoms with E-state index in [1.54, 1.807) is 0 Å². The smallest absolute Gasteiger partial charge is 0.0643 e. The minimum atomic E-state index is 1.10. The molecule has 0 fully saturated rings. The standard InChI is InChI=1S/C28H22N2/c1-4-14-25(15-5-1)29(26-16-6-2-7-17-26)30(27-18-8-3-9-19-27)28-21-20-23-12-10-11-13-24(23)22-28/h1-22H. The van der Waals surface area contributed by atoms with Crippen LogP contribution in [0.1, 0.15) is 0 Å². The molecule has 0 spiro atoms. The fourth-order valence-corrected chi connectivity index (χ4v) is 3.78. The van der Waals surface area contributed by atoms with E-state index in [0.717, 1.165) is 22.7 Å². The van der Waals surface area contributed by atoms with Crippen LogP contribution in [0, 0.1) is 0 Å². The Morgan fingerprint density at radius 3 is 1.20 bits per heavy atom. The molecule has 0 unspecified atom stereocenters. The van der Waals surface area contributed by atoms with Crippen LogP contribution in [0.25, 0.3) is 10.8 Å². The Morgan fingerprint density at radius 2 is 0.700 bits per heavy atom. The summed E-state index contributed by atoms with van der Waals surface area (Å²) in [5.41, 5.74) is 4.40. The van der Waals surface area contributed by atoms with Crippen molar-refractivity contribution in [3.63, 3.8) is 0 Å². The molecule has 0 N–H and O–H groups in total. The van der Waals surface area contributed by atoms with Crippen molar-refractivity contribution in [3.05, 3.63) is 133 Å². The van der Waals surface area contributed by atoms with Crippen molar-refractivity contribution in [2.75, 3.05) is 10.0 Å². The molecule has 0 aliphatic heterocycles. The molecular formula is C28H22N2. The molecule has 0 amide bonds. The van der Waals surface area contributed by atoms with Gasteiger partial charge >= 0.3 is 0 Å². The molecule has 0 saturated heterocycles. The molecular weight excluding hydrogens is 364 g/mol.